The standard InChI is InChI=1S/C16H18ClNO5S/c17-12-3-5-13(6-4-12)24(22,23)9-14(19)18-8-11-2-1-7-16(11,10-18)15(20)21/h3-6,11H,1-2,7-10H2,(H,20,21)/t11-,16+/m0/s1. The number of hydrogen-bond donors (Lipinski definition) is 1. The quantitative estimate of drug-likeness (QED) is 0.871. The van der Waals surface area contributed by atoms with Crippen LogP contribution in [0.3, 0.4) is 0 Å². The van der Waals surface area contributed by atoms with E-state index in [1.54, 1.807) is 0 Å². The number of benzene rings is 1. The fourth-order valence-corrected chi connectivity index (χ4v) is 5.16. The van der Waals surface area contributed by atoms with Gasteiger partial charge in [0, 0.05) is 18.1 Å². The van der Waals surface area contributed by atoms with Crippen molar-refractivity contribution in [2.24, 2.45) is 11.3 Å². The second-order valence-electron chi connectivity index (χ2n) is 6.54. The summed E-state index contributed by atoms with van der Waals surface area (Å²) in [5.74, 6) is -2.17. The molecule has 2 aliphatic rings. The van der Waals surface area contributed by atoms with Crippen LogP contribution in [0.4, 0.5) is 0 Å². The van der Waals surface area contributed by atoms with E-state index >= 15 is 0 Å². The van der Waals surface area contributed by atoms with Gasteiger partial charge in [-0.2, -0.15) is 0 Å². The summed E-state index contributed by atoms with van der Waals surface area (Å²) < 4.78 is 24.7. The number of likely N-dealkylation sites (tertiary alicyclic amines) is 1. The summed E-state index contributed by atoms with van der Waals surface area (Å²) >= 11 is 5.74. The highest BCUT2D eigenvalue weighted by molar-refractivity contribution is 7.92. The van der Waals surface area contributed by atoms with Gasteiger partial charge in [0.1, 0.15) is 5.75 Å². The Morgan fingerprint density at radius 2 is 1.96 bits per heavy atom. The van der Waals surface area contributed by atoms with Crippen molar-refractivity contribution in [3.05, 3.63) is 29.3 Å². The van der Waals surface area contributed by atoms with Crippen molar-refractivity contribution in [1.82, 2.24) is 4.90 Å². The van der Waals surface area contributed by atoms with Crippen LogP contribution in [-0.4, -0.2) is 49.1 Å². The van der Waals surface area contributed by atoms with Gasteiger partial charge in [-0.25, -0.2) is 8.42 Å². The third kappa shape index (κ3) is 2.91. The maximum atomic E-state index is 12.4. The minimum absolute atomic E-state index is 0.0348. The van der Waals surface area contributed by atoms with Crippen molar-refractivity contribution < 1.29 is 23.1 Å². The molecule has 1 saturated heterocycles. The summed E-state index contributed by atoms with van der Waals surface area (Å²) in [6.45, 7) is 0.420. The highest BCUT2D eigenvalue weighted by Crippen LogP contribution is 2.48. The fraction of sp³-hybridized carbons (Fsp3) is 0.500. The molecule has 1 N–H and O–H groups in total. The van der Waals surface area contributed by atoms with E-state index in [1.807, 2.05) is 0 Å². The lowest BCUT2D eigenvalue weighted by Gasteiger charge is -2.23. The molecule has 1 aliphatic carbocycles. The van der Waals surface area contributed by atoms with E-state index in [0.717, 1.165) is 12.8 Å². The number of carbonyl (C=O) groups excluding carboxylic acids is 1. The Hall–Kier alpha value is -1.60. The molecule has 1 aromatic rings. The van der Waals surface area contributed by atoms with Crippen LogP contribution in [-0.2, 0) is 19.4 Å². The van der Waals surface area contributed by atoms with E-state index in [9.17, 15) is 23.1 Å². The minimum atomic E-state index is -3.77. The first kappa shape index (κ1) is 17.2. The summed E-state index contributed by atoms with van der Waals surface area (Å²) in [6.07, 6.45) is 2.14. The fourth-order valence-electron chi connectivity index (χ4n) is 3.81. The largest absolute Gasteiger partial charge is 0.481 e. The highest BCUT2D eigenvalue weighted by atomic mass is 35.5. The first-order valence-electron chi connectivity index (χ1n) is 7.74. The van der Waals surface area contributed by atoms with E-state index in [1.165, 1.54) is 29.2 Å². The van der Waals surface area contributed by atoms with Gasteiger partial charge in [-0.05, 0) is 43.0 Å². The van der Waals surface area contributed by atoms with Gasteiger partial charge >= 0.3 is 5.97 Å². The molecule has 1 aromatic carbocycles. The van der Waals surface area contributed by atoms with Gasteiger partial charge in [0.15, 0.2) is 9.84 Å². The predicted octanol–water partition coefficient (Wildman–Crippen LogP) is 1.83. The molecule has 3 rings (SSSR count). The molecule has 130 valence electrons. The summed E-state index contributed by atoms with van der Waals surface area (Å²) in [5, 5.41) is 9.95. The maximum absolute atomic E-state index is 12.4. The third-order valence-electron chi connectivity index (χ3n) is 5.14. The minimum Gasteiger partial charge on any atom is -0.481 e. The van der Waals surface area contributed by atoms with Crippen molar-refractivity contribution >= 4 is 33.3 Å². The molecule has 2 fully saturated rings. The molecule has 24 heavy (non-hydrogen) atoms. The van der Waals surface area contributed by atoms with Crippen LogP contribution >= 0.6 is 11.6 Å². The molecule has 0 unspecified atom stereocenters. The number of amides is 1. The Balaban J connectivity index is 1.74. The molecule has 8 heteroatoms. The van der Waals surface area contributed by atoms with Gasteiger partial charge in [0.05, 0.1) is 10.3 Å². The smallest absolute Gasteiger partial charge is 0.311 e. The van der Waals surface area contributed by atoms with E-state index in [2.05, 4.69) is 0 Å². The molecule has 1 amide bonds. The molecular weight excluding hydrogens is 354 g/mol. The molecule has 1 heterocycles. The second-order valence-corrected chi connectivity index (χ2v) is 8.96. The van der Waals surface area contributed by atoms with Crippen LogP contribution in [0.1, 0.15) is 19.3 Å². The average Bonchev–Trinajstić information content (AvgIpc) is 3.05. The lowest BCUT2D eigenvalue weighted by atomic mass is 9.81. The van der Waals surface area contributed by atoms with Gasteiger partial charge in [-0.3, -0.25) is 9.59 Å². The van der Waals surface area contributed by atoms with Crippen LogP contribution in [0, 0.1) is 11.3 Å². The number of rotatable bonds is 4. The van der Waals surface area contributed by atoms with Crippen molar-refractivity contribution in [3.8, 4) is 0 Å². The average molecular weight is 372 g/mol. The lowest BCUT2D eigenvalue weighted by Crippen LogP contribution is -2.39. The monoisotopic (exact) mass is 371 g/mol. The number of carbonyl (C=O) groups is 2. The van der Waals surface area contributed by atoms with E-state index in [0.29, 0.717) is 18.0 Å². The number of carboxylic acids is 1. The Bertz CT molecular complexity index is 776. The van der Waals surface area contributed by atoms with E-state index in [4.69, 9.17) is 11.6 Å². The number of nitrogens with zero attached hydrogens (tertiary/aromatic N) is 1. The zero-order valence-corrected chi connectivity index (χ0v) is 14.5. The Morgan fingerprint density at radius 1 is 1.29 bits per heavy atom. The van der Waals surface area contributed by atoms with Gasteiger partial charge in [0.25, 0.3) is 0 Å². The van der Waals surface area contributed by atoms with Gasteiger partial charge in [0.2, 0.25) is 5.91 Å². The second kappa shape index (κ2) is 6.04. The van der Waals surface area contributed by atoms with Gasteiger partial charge < -0.3 is 10.0 Å². The molecule has 1 aliphatic heterocycles. The summed E-state index contributed by atoms with van der Waals surface area (Å²) in [5.41, 5.74) is -0.903. The number of hydrogen-bond acceptors (Lipinski definition) is 4. The first-order valence-corrected chi connectivity index (χ1v) is 9.77. The number of halogens is 1. The summed E-state index contributed by atoms with van der Waals surface area (Å²) in [4.78, 5) is 25.5. The van der Waals surface area contributed by atoms with Crippen molar-refractivity contribution in [2.75, 3.05) is 18.8 Å². The molecule has 6 nitrogen and oxygen atoms in total. The topological polar surface area (TPSA) is 91.8 Å². The van der Waals surface area contributed by atoms with E-state index in [-0.39, 0.29) is 17.4 Å². The van der Waals surface area contributed by atoms with Gasteiger partial charge in [-0.1, -0.05) is 18.0 Å². The predicted molar refractivity (Wildman–Crippen MR) is 87.5 cm³/mol. The molecule has 0 spiro atoms. The lowest BCUT2D eigenvalue weighted by molar-refractivity contribution is -0.149. The van der Waals surface area contributed by atoms with E-state index < -0.39 is 32.9 Å². The third-order valence-corrected chi connectivity index (χ3v) is 7.00. The number of fused-ring (bicyclic) bond motifs is 1. The molecule has 1 saturated carbocycles. The van der Waals surface area contributed by atoms with Gasteiger partial charge in [-0.15, -0.1) is 0 Å². The van der Waals surface area contributed by atoms with Crippen LogP contribution in [0.25, 0.3) is 0 Å². The van der Waals surface area contributed by atoms with Crippen molar-refractivity contribution in [3.63, 3.8) is 0 Å². The maximum Gasteiger partial charge on any atom is 0.311 e. The highest BCUT2D eigenvalue weighted by Gasteiger charge is 2.55. The van der Waals surface area contributed by atoms with Crippen LogP contribution in [0.2, 0.25) is 5.02 Å². The first-order chi connectivity index (χ1) is 11.2. The molecule has 2 atom stereocenters. The zero-order valence-electron chi connectivity index (χ0n) is 12.9. The van der Waals surface area contributed by atoms with Crippen LogP contribution in [0.15, 0.2) is 29.2 Å². The summed E-state index contributed by atoms with van der Waals surface area (Å²) in [7, 11) is -3.77. The summed E-state index contributed by atoms with van der Waals surface area (Å²) in [6, 6.07) is 5.64. The number of aliphatic carboxylic acids is 1. The zero-order chi connectivity index (χ0) is 17.5. The van der Waals surface area contributed by atoms with Crippen molar-refractivity contribution in [1.29, 1.82) is 0 Å². The SMILES string of the molecule is O=C(CS(=O)(=O)c1ccc(Cl)cc1)N1C[C@@H]2CCC[C@@]2(C(=O)O)C1. The van der Waals surface area contributed by atoms with Crippen LogP contribution in [0.5, 0.6) is 0 Å². The Kier molecular flexibility index (Phi) is 4.34. The number of sulfone groups is 1. The number of carboxylic acid groups (broad SMARTS) is 1. The molecular formula is C16H18ClNO5S. The van der Waals surface area contributed by atoms with Crippen molar-refractivity contribution in [2.45, 2.75) is 24.2 Å². The molecule has 0 aromatic heterocycles. The molecule has 0 bridgehead atoms. The Morgan fingerprint density at radius 3 is 2.54 bits per heavy atom. The van der Waals surface area contributed by atoms with Crippen LogP contribution < -0.4 is 0 Å². The normalized spacial score (nSPS) is 26.4. The Labute approximate surface area is 145 Å². The molecule has 0 radical (unpaired) electrons.